The van der Waals surface area contributed by atoms with E-state index < -0.39 is 5.91 Å². The number of hydrogen-bond donors (Lipinski definition) is 3. The number of halogens is 1. The van der Waals surface area contributed by atoms with Crippen LogP contribution in [0.5, 0.6) is 11.5 Å². The van der Waals surface area contributed by atoms with Gasteiger partial charge >= 0.3 is 0 Å². The van der Waals surface area contributed by atoms with Crippen molar-refractivity contribution in [2.24, 2.45) is 10.7 Å². The molecule has 8 heteroatoms. The molecule has 2 aliphatic rings. The maximum atomic E-state index is 10.9. The SMILES string of the molecule is CN=C(NCc1cccc(OCC(N)=O)c1)NC1CC2(CCCC2)Oc2ccccc21.I. The Morgan fingerprint density at radius 2 is 2.00 bits per heavy atom. The summed E-state index contributed by atoms with van der Waals surface area (Å²) in [7, 11) is 1.78. The number of fused-ring (bicyclic) bond motifs is 1. The molecule has 1 unspecified atom stereocenters. The van der Waals surface area contributed by atoms with Crippen LogP contribution in [0.25, 0.3) is 0 Å². The minimum Gasteiger partial charge on any atom is -0.487 e. The fraction of sp³-hybridized carbons (Fsp3) is 0.417. The Labute approximate surface area is 206 Å². The lowest BCUT2D eigenvalue weighted by atomic mass is 9.86. The first-order valence-electron chi connectivity index (χ1n) is 10.8. The number of benzene rings is 2. The highest BCUT2D eigenvalue weighted by molar-refractivity contribution is 14.0. The van der Waals surface area contributed by atoms with Crippen molar-refractivity contribution < 1.29 is 14.3 Å². The molecule has 4 N–H and O–H groups in total. The molecule has 2 aromatic carbocycles. The van der Waals surface area contributed by atoms with E-state index in [0.29, 0.717) is 12.3 Å². The highest BCUT2D eigenvalue weighted by Gasteiger charge is 2.43. The molecule has 172 valence electrons. The van der Waals surface area contributed by atoms with Gasteiger partial charge in [-0.25, -0.2) is 0 Å². The third kappa shape index (κ3) is 5.85. The summed E-state index contributed by atoms with van der Waals surface area (Å²) in [5.41, 5.74) is 7.27. The Balaban J connectivity index is 0.00000289. The topological polar surface area (TPSA) is 98.0 Å². The van der Waals surface area contributed by atoms with Gasteiger partial charge in [-0.05, 0) is 49.4 Å². The Hall–Kier alpha value is -2.49. The zero-order valence-corrected chi connectivity index (χ0v) is 20.6. The maximum Gasteiger partial charge on any atom is 0.255 e. The maximum absolute atomic E-state index is 10.9. The molecule has 1 heterocycles. The Bertz CT molecular complexity index is 960. The number of nitrogens with zero attached hydrogens (tertiary/aromatic N) is 1. The van der Waals surface area contributed by atoms with Crippen molar-refractivity contribution in [3.63, 3.8) is 0 Å². The number of rotatable bonds is 6. The van der Waals surface area contributed by atoms with Gasteiger partial charge in [0.25, 0.3) is 5.91 Å². The van der Waals surface area contributed by atoms with Gasteiger partial charge in [-0.3, -0.25) is 9.79 Å². The van der Waals surface area contributed by atoms with Gasteiger partial charge in [-0.2, -0.15) is 0 Å². The number of primary amides is 1. The predicted molar refractivity (Wildman–Crippen MR) is 136 cm³/mol. The molecule has 1 atom stereocenters. The standard InChI is InChI=1S/C24H30N4O3.HI/c1-26-23(27-15-17-7-6-8-18(13-17)30-16-22(25)29)28-20-14-24(11-4-5-12-24)31-21-10-3-2-9-19(20)21;/h2-3,6-10,13,20H,4-5,11-12,14-16H2,1H3,(H2,25,29)(H2,26,27,28);1H. The van der Waals surface area contributed by atoms with Crippen LogP contribution in [0.1, 0.15) is 49.3 Å². The summed E-state index contributed by atoms with van der Waals surface area (Å²) < 4.78 is 11.9. The van der Waals surface area contributed by atoms with E-state index in [1.807, 2.05) is 24.3 Å². The molecule has 1 aliphatic carbocycles. The van der Waals surface area contributed by atoms with Gasteiger partial charge in [0.2, 0.25) is 0 Å². The molecule has 1 spiro atoms. The van der Waals surface area contributed by atoms with Gasteiger partial charge in [-0.1, -0.05) is 30.3 Å². The second-order valence-electron chi connectivity index (χ2n) is 8.26. The summed E-state index contributed by atoms with van der Waals surface area (Å²) in [6, 6.07) is 16.0. The van der Waals surface area contributed by atoms with Crippen LogP contribution in [0.3, 0.4) is 0 Å². The molecule has 0 bridgehead atoms. The van der Waals surface area contributed by atoms with Crippen molar-refractivity contribution in [1.82, 2.24) is 10.6 Å². The monoisotopic (exact) mass is 550 g/mol. The van der Waals surface area contributed by atoms with E-state index >= 15 is 0 Å². The smallest absolute Gasteiger partial charge is 0.255 e. The molecular weight excluding hydrogens is 519 g/mol. The van der Waals surface area contributed by atoms with Crippen molar-refractivity contribution in [2.75, 3.05) is 13.7 Å². The van der Waals surface area contributed by atoms with Crippen LogP contribution >= 0.6 is 24.0 Å². The average molecular weight is 550 g/mol. The average Bonchev–Trinajstić information content (AvgIpc) is 3.22. The number of aliphatic imine (C=N–C) groups is 1. The van der Waals surface area contributed by atoms with Crippen molar-refractivity contribution in [2.45, 2.75) is 50.3 Å². The molecule has 7 nitrogen and oxygen atoms in total. The molecule has 1 saturated carbocycles. The Morgan fingerprint density at radius 1 is 1.22 bits per heavy atom. The number of carbonyl (C=O) groups excluding carboxylic acids is 1. The Morgan fingerprint density at radius 3 is 2.75 bits per heavy atom. The molecular formula is C24H31IN4O3. The molecule has 0 aromatic heterocycles. The number of carbonyl (C=O) groups is 1. The van der Waals surface area contributed by atoms with Crippen LogP contribution in [-0.2, 0) is 11.3 Å². The predicted octanol–water partition coefficient (Wildman–Crippen LogP) is 3.67. The lowest BCUT2D eigenvalue weighted by molar-refractivity contribution is -0.119. The first-order chi connectivity index (χ1) is 15.1. The normalized spacial score (nSPS) is 18.8. The number of ether oxygens (including phenoxy) is 2. The third-order valence-electron chi connectivity index (χ3n) is 5.99. The second kappa shape index (κ2) is 10.9. The Kier molecular flexibility index (Phi) is 8.22. The fourth-order valence-electron chi connectivity index (χ4n) is 4.52. The van der Waals surface area contributed by atoms with Crippen LogP contribution in [0, 0.1) is 0 Å². The van der Waals surface area contributed by atoms with Gasteiger partial charge in [0.05, 0.1) is 6.04 Å². The molecule has 1 amide bonds. The summed E-state index contributed by atoms with van der Waals surface area (Å²) in [5, 5.41) is 6.99. The highest BCUT2D eigenvalue weighted by atomic mass is 127. The fourth-order valence-corrected chi connectivity index (χ4v) is 4.52. The van der Waals surface area contributed by atoms with Gasteiger partial charge < -0.3 is 25.8 Å². The van der Waals surface area contributed by atoms with Gasteiger partial charge in [0, 0.05) is 25.6 Å². The van der Waals surface area contributed by atoms with Crippen LogP contribution in [0.2, 0.25) is 0 Å². The van der Waals surface area contributed by atoms with E-state index in [-0.39, 0.29) is 42.2 Å². The number of para-hydroxylation sites is 1. The lowest BCUT2D eigenvalue weighted by Crippen LogP contribution is -2.46. The lowest BCUT2D eigenvalue weighted by Gasteiger charge is -2.40. The summed E-state index contributed by atoms with van der Waals surface area (Å²) in [6.07, 6.45) is 5.57. The minimum atomic E-state index is -0.495. The van der Waals surface area contributed by atoms with E-state index in [1.54, 1.807) is 13.1 Å². The largest absolute Gasteiger partial charge is 0.487 e. The van der Waals surface area contributed by atoms with Crippen molar-refractivity contribution in [3.8, 4) is 11.5 Å². The summed E-state index contributed by atoms with van der Waals surface area (Å²) >= 11 is 0. The van der Waals surface area contributed by atoms with E-state index in [9.17, 15) is 4.79 Å². The van der Waals surface area contributed by atoms with Crippen molar-refractivity contribution >= 4 is 35.8 Å². The van der Waals surface area contributed by atoms with Gasteiger partial charge in [-0.15, -0.1) is 24.0 Å². The van der Waals surface area contributed by atoms with Crippen LogP contribution in [0.15, 0.2) is 53.5 Å². The minimum absolute atomic E-state index is 0. The quantitative estimate of drug-likeness (QED) is 0.290. The number of guanidine groups is 1. The van der Waals surface area contributed by atoms with Gasteiger partial charge in [0.15, 0.2) is 12.6 Å². The molecule has 4 rings (SSSR count). The molecule has 0 radical (unpaired) electrons. The number of hydrogen-bond acceptors (Lipinski definition) is 4. The van der Waals surface area contributed by atoms with Gasteiger partial charge in [0.1, 0.15) is 17.1 Å². The van der Waals surface area contributed by atoms with E-state index in [4.69, 9.17) is 15.2 Å². The van der Waals surface area contributed by atoms with Crippen molar-refractivity contribution in [1.29, 1.82) is 0 Å². The highest BCUT2D eigenvalue weighted by Crippen LogP contribution is 2.46. The molecule has 0 saturated heterocycles. The first-order valence-corrected chi connectivity index (χ1v) is 10.8. The third-order valence-corrected chi connectivity index (χ3v) is 5.99. The summed E-state index contributed by atoms with van der Waals surface area (Å²) in [5.74, 6) is 1.83. The first kappa shape index (κ1) is 24.2. The zero-order chi connectivity index (χ0) is 21.7. The number of amides is 1. The molecule has 1 aliphatic heterocycles. The molecule has 2 aromatic rings. The van der Waals surface area contributed by atoms with Crippen LogP contribution in [-0.4, -0.2) is 31.1 Å². The second-order valence-corrected chi connectivity index (χ2v) is 8.26. The summed E-state index contributed by atoms with van der Waals surface area (Å²) in [4.78, 5) is 15.4. The van der Waals surface area contributed by atoms with Crippen LogP contribution < -0.4 is 25.8 Å². The van der Waals surface area contributed by atoms with E-state index in [2.05, 4.69) is 33.8 Å². The molecule has 32 heavy (non-hydrogen) atoms. The molecule has 1 fully saturated rings. The summed E-state index contributed by atoms with van der Waals surface area (Å²) in [6.45, 7) is 0.439. The van der Waals surface area contributed by atoms with E-state index in [0.717, 1.165) is 36.5 Å². The van der Waals surface area contributed by atoms with E-state index in [1.165, 1.54) is 18.4 Å². The number of nitrogens with two attached hydrogens (primary N) is 1. The van der Waals surface area contributed by atoms with Crippen LogP contribution in [0.4, 0.5) is 0 Å². The number of nitrogens with one attached hydrogen (secondary N) is 2. The zero-order valence-electron chi connectivity index (χ0n) is 18.3. The van der Waals surface area contributed by atoms with Crippen molar-refractivity contribution in [3.05, 3.63) is 59.7 Å².